The zero-order valence-electron chi connectivity index (χ0n) is 13.7. The third kappa shape index (κ3) is 1.57. The van der Waals surface area contributed by atoms with Gasteiger partial charge in [-0.05, 0) is 34.5 Å². The largest absolute Gasteiger partial charge is 0.361 e. The molecule has 0 saturated carbocycles. The van der Waals surface area contributed by atoms with Crippen molar-refractivity contribution in [3.8, 4) is 11.3 Å². The Morgan fingerprint density at radius 3 is 3.12 bits per heavy atom. The monoisotopic (exact) mass is 425 g/mol. The Hall–Kier alpha value is -2.12. The van der Waals surface area contributed by atoms with E-state index in [1.54, 1.807) is 17.8 Å². The lowest BCUT2D eigenvalue weighted by Gasteiger charge is -2.33. The minimum atomic E-state index is -0.465. The van der Waals surface area contributed by atoms with E-state index in [0.29, 0.717) is 15.4 Å². The van der Waals surface area contributed by atoms with Crippen molar-refractivity contribution in [2.45, 2.75) is 17.2 Å². The fraction of sp³-hybridized carbons (Fsp3) is 0.211. The number of aromatic nitrogens is 2. The predicted octanol–water partition coefficient (Wildman–Crippen LogP) is 2.77. The summed E-state index contributed by atoms with van der Waals surface area (Å²) in [6, 6.07) is 1.98. The molecule has 2 unspecified atom stereocenters. The summed E-state index contributed by atoms with van der Waals surface area (Å²) in [5, 5.41) is 1.52. The van der Waals surface area contributed by atoms with Crippen LogP contribution in [-0.2, 0) is 17.3 Å². The first kappa shape index (κ1) is 15.0. The van der Waals surface area contributed by atoms with E-state index in [9.17, 15) is 9.59 Å². The van der Waals surface area contributed by atoms with E-state index in [4.69, 9.17) is 4.99 Å². The molecule has 1 saturated heterocycles. The van der Waals surface area contributed by atoms with Gasteiger partial charge in [-0.2, -0.15) is 0 Å². The lowest BCUT2D eigenvalue weighted by Crippen LogP contribution is -2.43. The maximum atomic E-state index is 13.3. The van der Waals surface area contributed by atoms with Gasteiger partial charge in [-0.1, -0.05) is 6.08 Å². The molecule has 1 spiro atoms. The number of aryl methyl sites for hydroxylation is 1. The molecule has 0 aromatic carbocycles. The second-order valence-electron chi connectivity index (χ2n) is 7.07. The van der Waals surface area contributed by atoms with Crippen molar-refractivity contribution in [1.29, 1.82) is 0 Å². The smallest absolute Gasteiger partial charge is 0.228 e. The maximum absolute atomic E-state index is 13.3. The van der Waals surface area contributed by atoms with Gasteiger partial charge in [0, 0.05) is 40.9 Å². The van der Waals surface area contributed by atoms with Crippen LogP contribution in [0, 0.1) is 0 Å². The highest BCUT2D eigenvalue weighted by atomic mass is 79.9. The average molecular weight is 426 g/mol. The van der Waals surface area contributed by atoms with Crippen molar-refractivity contribution in [2.75, 3.05) is 0 Å². The van der Waals surface area contributed by atoms with Crippen LogP contribution in [0.1, 0.15) is 12.0 Å². The number of nitrogens with zero attached hydrogens (tertiary/aromatic N) is 2. The third-order valence-electron chi connectivity index (χ3n) is 5.66. The Bertz CT molecular complexity index is 1310. The van der Waals surface area contributed by atoms with Crippen molar-refractivity contribution < 1.29 is 4.79 Å². The molecule has 128 valence electrons. The van der Waals surface area contributed by atoms with Crippen LogP contribution in [0.25, 0.3) is 22.2 Å². The number of carbonyl (C=O) groups excluding carboxylic acids is 1. The number of H-pyrrole nitrogens is 1. The normalized spacial score (nSPS) is 26.5. The topological polar surface area (TPSA) is 67.2 Å². The first-order chi connectivity index (χ1) is 12.5. The molecule has 1 N–H and O–H groups in total. The number of aromatic amines is 1. The van der Waals surface area contributed by atoms with Crippen molar-refractivity contribution in [1.82, 2.24) is 9.55 Å². The zero-order chi connectivity index (χ0) is 17.8. The van der Waals surface area contributed by atoms with Gasteiger partial charge in [0.15, 0.2) is 5.78 Å². The van der Waals surface area contributed by atoms with Crippen LogP contribution >= 0.6 is 27.7 Å². The van der Waals surface area contributed by atoms with Gasteiger partial charge in [-0.15, -0.1) is 11.8 Å². The van der Waals surface area contributed by atoms with Crippen LogP contribution in [0.5, 0.6) is 0 Å². The van der Waals surface area contributed by atoms with Crippen LogP contribution in [0.15, 0.2) is 49.8 Å². The summed E-state index contributed by atoms with van der Waals surface area (Å²) in [5.74, 6) is -0.0300. The minimum absolute atomic E-state index is 0.0300. The molecule has 0 amide bonds. The SMILES string of the molecule is Cn1cc2cc[nH]c3c4c(c(=O)c1c2-3)=NC1CC42C=C(Br)C(=O)C=C2S1. The van der Waals surface area contributed by atoms with Crippen LogP contribution < -0.4 is 10.8 Å². The van der Waals surface area contributed by atoms with Crippen molar-refractivity contribution in [2.24, 2.45) is 12.0 Å². The summed E-state index contributed by atoms with van der Waals surface area (Å²) in [4.78, 5) is 34.7. The minimum Gasteiger partial charge on any atom is -0.361 e. The number of hydrogen-bond donors (Lipinski definition) is 1. The van der Waals surface area contributed by atoms with E-state index in [0.717, 1.165) is 33.5 Å². The van der Waals surface area contributed by atoms with Gasteiger partial charge in [0.05, 0.1) is 15.6 Å². The van der Waals surface area contributed by atoms with Crippen molar-refractivity contribution >= 4 is 44.4 Å². The fourth-order valence-corrected chi connectivity index (χ4v) is 6.58. The molecular formula is C19H12BrN3O2S. The van der Waals surface area contributed by atoms with Crippen LogP contribution in [0.3, 0.4) is 0 Å². The fourth-order valence-electron chi connectivity index (χ4n) is 4.65. The molecule has 5 aliphatic rings. The Kier molecular flexibility index (Phi) is 2.64. The molecule has 5 nitrogen and oxygen atoms in total. The maximum Gasteiger partial charge on any atom is 0.228 e. The third-order valence-corrected chi connectivity index (χ3v) is 7.56. The number of allylic oxidation sites excluding steroid dienone is 4. The van der Waals surface area contributed by atoms with Crippen LogP contribution in [0.2, 0.25) is 0 Å². The van der Waals surface area contributed by atoms with Gasteiger partial charge < -0.3 is 9.55 Å². The highest BCUT2D eigenvalue weighted by Gasteiger charge is 2.52. The van der Waals surface area contributed by atoms with Crippen LogP contribution in [-0.4, -0.2) is 20.7 Å². The highest BCUT2D eigenvalue weighted by Crippen LogP contribution is 2.58. The first-order valence-corrected chi connectivity index (χ1v) is 9.99. The predicted molar refractivity (Wildman–Crippen MR) is 105 cm³/mol. The van der Waals surface area contributed by atoms with Gasteiger partial charge in [0.1, 0.15) is 16.2 Å². The molecule has 0 radical (unpaired) electrons. The summed E-state index contributed by atoms with van der Waals surface area (Å²) in [6.45, 7) is 0. The molecule has 1 fully saturated rings. The van der Waals surface area contributed by atoms with Gasteiger partial charge in [0.25, 0.3) is 0 Å². The first-order valence-electron chi connectivity index (χ1n) is 8.31. The summed E-state index contributed by atoms with van der Waals surface area (Å²) in [7, 11) is 1.90. The number of halogens is 1. The number of hydrogen-bond acceptors (Lipinski definition) is 4. The molecule has 2 bridgehead atoms. The summed E-state index contributed by atoms with van der Waals surface area (Å²) < 4.78 is 2.44. The molecule has 2 atom stereocenters. The molecule has 26 heavy (non-hydrogen) atoms. The lowest BCUT2D eigenvalue weighted by molar-refractivity contribution is -0.110. The number of pyridine rings is 1. The standard InChI is InChI=1S/C19H12BrN3O2S/c1-23-7-8-2-3-21-15-13(8)17(23)18(25)16-14(15)19-5-9(20)10(24)4-11(19)26-12(6-19)22-16/h2-5,7,12,21H,6H2,1H3. The van der Waals surface area contributed by atoms with E-state index in [-0.39, 0.29) is 16.6 Å². The number of thioether (sulfide) groups is 1. The average Bonchev–Trinajstić information content (AvgIpc) is 3.08. The Morgan fingerprint density at radius 1 is 1.42 bits per heavy atom. The van der Waals surface area contributed by atoms with E-state index in [1.165, 1.54) is 0 Å². The number of ketones is 1. The molecule has 3 aliphatic heterocycles. The molecule has 4 heterocycles. The van der Waals surface area contributed by atoms with E-state index >= 15 is 0 Å². The molecule has 1 aromatic heterocycles. The van der Waals surface area contributed by atoms with E-state index < -0.39 is 5.41 Å². The van der Waals surface area contributed by atoms with Gasteiger partial charge in [-0.3, -0.25) is 14.6 Å². The number of carbonyl (C=O) groups is 1. The van der Waals surface area contributed by atoms with Crippen LogP contribution in [0.4, 0.5) is 0 Å². The van der Waals surface area contributed by atoms with Crippen molar-refractivity contribution in [3.63, 3.8) is 0 Å². The van der Waals surface area contributed by atoms with E-state index in [2.05, 4.69) is 20.9 Å². The Balaban J connectivity index is 1.87. The summed E-state index contributed by atoms with van der Waals surface area (Å²) in [6.07, 6.45) is 8.34. The number of benzene rings is 1. The van der Waals surface area contributed by atoms with Gasteiger partial charge in [0.2, 0.25) is 5.43 Å². The molecule has 6 rings (SSSR count). The van der Waals surface area contributed by atoms with Gasteiger partial charge >= 0.3 is 0 Å². The van der Waals surface area contributed by atoms with Crippen molar-refractivity contribution in [3.05, 3.63) is 61.1 Å². The lowest BCUT2D eigenvalue weighted by atomic mass is 9.71. The van der Waals surface area contributed by atoms with Gasteiger partial charge in [-0.25, -0.2) is 0 Å². The highest BCUT2D eigenvalue weighted by molar-refractivity contribution is 9.12. The second kappa shape index (κ2) is 4.58. The molecule has 1 aromatic rings. The summed E-state index contributed by atoms with van der Waals surface area (Å²) in [5.41, 5.74) is 2.97. The zero-order valence-corrected chi connectivity index (χ0v) is 16.1. The van der Waals surface area contributed by atoms with E-state index in [1.807, 2.05) is 36.2 Å². The summed E-state index contributed by atoms with van der Waals surface area (Å²) >= 11 is 5.02. The molecule has 7 heteroatoms. The molecular weight excluding hydrogens is 414 g/mol. The quantitative estimate of drug-likeness (QED) is 0.601. The molecule has 2 aliphatic carbocycles. The Labute approximate surface area is 160 Å². The Morgan fingerprint density at radius 2 is 2.27 bits per heavy atom. The number of rotatable bonds is 0. The second-order valence-corrected chi connectivity index (χ2v) is 9.14. The number of nitrogens with one attached hydrogen (secondary N) is 1. The number of fused-ring (bicyclic) bond motifs is 3.